The van der Waals surface area contributed by atoms with Crippen molar-refractivity contribution in [3.63, 3.8) is 0 Å². The van der Waals surface area contributed by atoms with Crippen LogP contribution in [-0.2, 0) is 6.54 Å². The summed E-state index contributed by atoms with van der Waals surface area (Å²) in [6, 6.07) is 5.97. The molecule has 2 rings (SSSR count). The monoisotopic (exact) mass is 251 g/mol. The fourth-order valence-corrected chi connectivity index (χ4v) is 1.92. The molecule has 1 aromatic carbocycles. The number of benzene rings is 1. The Morgan fingerprint density at radius 1 is 1.28 bits per heavy atom. The van der Waals surface area contributed by atoms with E-state index in [0.717, 1.165) is 18.2 Å². The summed E-state index contributed by atoms with van der Waals surface area (Å²) < 4.78 is 28.2. The van der Waals surface area contributed by atoms with E-state index >= 15 is 0 Å². The number of rotatable bonds is 3. The number of aromatic nitrogens is 1. The van der Waals surface area contributed by atoms with Crippen LogP contribution in [0.25, 0.3) is 11.3 Å². The van der Waals surface area contributed by atoms with Crippen molar-refractivity contribution in [2.75, 3.05) is 0 Å². The van der Waals surface area contributed by atoms with Crippen LogP contribution in [0.15, 0.2) is 30.3 Å². The van der Waals surface area contributed by atoms with Gasteiger partial charge in [0.25, 0.3) is 0 Å². The maximum Gasteiger partial charge on any atom is 0.352 e. The quantitative estimate of drug-likeness (QED) is 0.910. The molecule has 0 aliphatic rings. The third-order valence-corrected chi connectivity index (χ3v) is 2.72. The highest BCUT2D eigenvalue weighted by atomic mass is 19.1. The molecule has 0 unspecified atom stereocenters. The Labute approximate surface area is 102 Å². The van der Waals surface area contributed by atoms with Crippen molar-refractivity contribution in [2.45, 2.75) is 13.5 Å². The van der Waals surface area contributed by atoms with Crippen molar-refractivity contribution in [1.29, 1.82) is 0 Å². The third kappa shape index (κ3) is 1.99. The highest BCUT2D eigenvalue weighted by molar-refractivity contribution is 5.87. The number of hydrogen-bond donors (Lipinski definition) is 1. The first-order valence-electron chi connectivity index (χ1n) is 5.42. The molecule has 0 radical (unpaired) electrons. The number of carboxylic acids is 1. The second-order valence-electron chi connectivity index (χ2n) is 3.78. The number of halogens is 2. The molecule has 0 bridgehead atoms. The highest BCUT2D eigenvalue weighted by Crippen LogP contribution is 2.26. The second kappa shape index (κ2) is 4.60. The van der Waals surface area contributed by atoms with Crippen LogP contribution in [0.2, 0.25) is 0 Å². The number of carboxylic acid groups (broad SMARTS) is 1. The third-order valence-electron chi connectivity index (χ3n) is 2.72. The Morgan fingerprint density at radius 2 is 2.00 bits per heavy atom. The van der Waals surface area contributed by atoms with E-state index in [0.29, 0.717) is 12.2 Å². The first-order valence-corrected chi connectivity index (χ1v) is 5.42. The first kappa shape index (κ1) is 12.3. The summed E-state index contributed by atoms with van der Waals surface area (Å²) in [4.78, 5) is 11.0. The molecule has 94 valence electrons. The van der Waals surface area contributed by atoms with E-state index in [-0.39, 0.29) is 11.3 Å². The minimum absolute atomic E-state index is 0.0520. The molecular weight excluding hydrogens is 240 g/mol. The Balaban J connectivity index is 2.64. The summed E-state index contributed by atoms with van der Waals surface area (Å²) in [5.41, 5.74) is 0.465. The molecule has 0 aliphatic carbocycles. The van der Waals surface area contributed by atoms with Gasteiger partial charge < -0.3 is 9.67 Å². The SMILES string of the molecule is CCn1c(C(=O)O)ccc1-c1cc(F)ccc1F. The van der Waals surface area contributed by atoms with Crippen LogP contribution in [0.5, 0.6) is 0 Å². The van der Waals surface area contributed by atoms with Gasteiger partial charge in [0.05, 0.1) is 5.69 Å². The molecule has 3 nitrogen and oxygen atoms in total. The largest absolute Gasteiger partial charge is 0.477 e. The molecular formula is C13H11F2NO2. The summed E-state index contributed by atoms with van der Waals surface area (Å²) in [6.07, 6.45) is 0. The number of hydrogen-bond acceptors (Lipinski definition) is 1. The van der Waals surface area contributed by atoms with Gasteiger partial charge in [0.15, 0.2) is 0 Å². The zero-order valence-electron chi connectivity index (χ0n) is 9.65. The average Bonchev–Trinajstić information content (AvgIpc) is 2.75. The van der Waals surface area contributed by atoms with Gasteiger partial charge in [-0.3, -0.25) is 0 Å². The molecule has 1 heterocycles. The lowest BCUT2D eigenvalue weighted by atomic mass is 10.1. The van der Waals surface area contributed by atoms with Gasteiger partial charge >= 0.3 is 5.97 Å². The molecule has 0 amide bonds. The summed E-state index contributed by atoms with van der Waals surface area (Å²) in [5, 5.41) is 8.99. The Kier molecular flexibility index (Phi) is 3.14. The predicted octanol–water partition coefficient (Wildman–Crippen LogP) is 3.15. The molecule has 2 aromatic rings. The minimum atomic E-state index is -1.10. The van der Waals surface area contributed by atoms with E-state index in [1.807, 2.05) is 0 Å². The van der Waals surface area contributed by atoms with Gasteiger partial charge in [-0.25, -0.2) is 13.6 Å². The van der Waals surface area contributed by atoms with Crippen LogP contribution < -0.4 is 0 Å². The summed E-state index contributed by atoms with van der Waals surface area (Å²) in [5.74, 6) is -2.24. The second-order valence-corrected chi connectivity index (χ2v) is 3.78. The van der Waals surface area contributed by atoms with Crippen molar-refractivity contribution >= 4 is 5.97 Å². The van der Waals surface area contributed by atoms with Gasteiger partial charge in [0, 0.05) is 12.1 Å². The lowest BCUT2D eigenvalue weighted by Gasteiger charge is -2.09. The fourth-order valence-electron chi connectivity index (χ4n) is 1.92. The van der Waals surface area contributed by atoms with Gasteiger partial charge in [-0.05, 0) is 37.3 Å². The van der Waals surface area contributed by atoms with Crippen LogP contribution >= 0.6 is 0 Å². The van der Waals surface area contributed by atoms with Crippen molar-refractivity contribution < 1.29 is 18.7 Å². The van der Waals surface area contributed by atoms with Gasteiger partial charge in [-0.2, -0.15) is 0 Å². The fraction of sp³-hybridized carbons (Fsp3) is 0.154. The van der Waals surface area contributed by atoms with E-state index in [9.17, 15) is 13.6 Å². The minimum Gasteiger partial charge on any atom is -0.477 e. The van der Waals surface area contributed by atoms with Crippen molar-refractivity contribution in [2.24, 2.45) is 0 Å². The van der Waals surface area contributed by atoms with Gasteiger partial charge in [-0.1, -0.05) is 0 Å². The lowest BCUT2D eigenvalue weighted by molar-refractivity contribution is 0.0685. The number of carbonyl (C=O) groups is 1. The standard InChI is InChI=1S/C13H11F2NO2/c1-2-16-11(5-6-12(16)13(17)18)9-7-8(14)3-4-10(9)15/h3-7H,2H2,1H3,(H,17,18). The van der Waals surface area contributed by atoms with Crippen LogP contribution in [0.4, 0.5) is 8.78 Å². The zero-order valence-corrected chi connectivity index (χ0v) is 9.65. The summed E-state index contributed by atoms with van der Waals surface area (Å²) in [7, 11) is 0. The molecule has 1 N–H and O–H groups in total. The van der Waals surface area contributed by atoms with E-state index in [2.05, 4.69) is 0 Å². The van der Waals surface area contributed by atoms with Crippen molar-refractivity contribution in [3.8, 4) is 11.3 Å². The molecule has 0 atom stereocenters. The molecule has 0 fully saturated rings. The average molecular weight is 251 g/mol. The molecule has 0 aliphatic heterocycles. The lowest BCUT2D eigenvalue weighted by Crippen LogP contribution is -2.08. The Bertz CT molecular complexity index is 605. The van der Waals surface area contributed by atoms with Gasteiger partial charge in [0.1, 0.15) is 17.3 Å². The maximum absolute atomic E-state index is 13.7. The highest BCUT2D eigenvalue weighted by Gasteiger charge is 2.16. The molecule has 0 saturated carbocycles. The molecule has 0 saturated heterocycles. The maximum atomic E-state index is 13.7. The Hall–Kier alpha value is -2.17. The number of nitrogens with zero attached hydrogens (tertiary/aromatic N) is 1. The van der Waals surface area contributed by atoms with E-state index in [1.165, 1.54) is 16.7 Å². The number of aromatic carboxylic acids is 1. The summed E-state index contributed by atoms with van der Waals surface area (Å²) >= 11 is 0. The molecule has 0 spiro atoms. The van der Waals surface area contributed by atoms with E-state index in [1.54, 1.807) is 6.92 Å². The normalized spacial score (nSPS) is 10.6. The molecule has 5 heteroatoms. The van der Waals surface area contributed by atoms with Crippen LogP contribution in [-0.4, -0.2) is 15.6 Å². The predicted molar refractivity (Wildman–Crippen MR) is 62.4 cm³/mol. The molecule has 1 aromatic heterocycles. The summed E-state index contributed by atoms with van der Waals surface area (Å²) in [6.45, 7) is 2.10. The van der Waals surface area contributed by atoms with Crippen LogP contribution in [0, 0.1) is 11.6 Å². The van der Waals surface area contributed by atoms with Crippen molar-refractivity contribution in [3.05, 3.63) is 47.7 Å². The van der Waals surface area contributed by atoms with E-state index in [4.69, 9.17) is 5.11 Å². The zero-order chi connectivity index (χ0) is 13.3. The molecule has 18 heavy (non-hydrogen) atoms. The van der Waals surface area contributed by atoms with Crippen molar-refractivity contribution in [1.82, 2.24) is 4.57 Å². The Morgan fingerprint density at radius 3 is 2.61 bits per heavy atom. The van der Waals surface area contributed by atoms with Gasteiger partial charge in [0.2, 0.25) is 0 Å². The van der Waals surface area contributed by atoms with Crippen LogP contribution in [0.3, 0.4) is 0 Å². The first-order chi connectivity index (χ1) is 8.54. The van der Waals surface area contributed by atoms with E-state index < -0.39 is 17.6 Å². The van der Waals surface area contributed by atoms with Crippen LogP contribution in [0.1, 0.15) is 17.4 Å². The topological polar surface area (TPSA) is 42.2 Å². The smallest absolute Gasteiger partial charge is 0.352 e. The van der Waals surface area contributed by atoms with Gasteiger partial charge in [-0.15, -0.1) is 0 Å².